The van der Waals surface area contributed by atoms with Gasteiger partial charge in [-0.3, -0.25) is 4.79 Å². The van der Waals surface area contributed by atoms with Crippen molar-refractivity contribution in [1.82, 2.24) is 15.0 Å². The van der Waals surface area contributed by atoms with Crippen molar-refractivity contribution in [2.45, 2.75) is 37.8 Å². The lowest BCUT2D eigenvalue weighted by Gasteiger charge is -2.16. The summed E-state index contributed by atoms with van der Waals surface area (Å²) < 4.78 is 26.4. The molecule has 1 atom stereocenters. The molecule has 0 fully saturated rings. The van der Waals surface area contributed by atoms with Crippen LogP contribution in [0.15, 0.2) is 23.2 Å². The van der Waals surface area contributed by atoms with Gasteiger partial charge in [0.05, 0.1) is 6.04 Å². The molecule has 0 bridgehead atoms. The third kappa shape index (κ3) is 4.44. The first kappa shape index (κ1) is 16.3. The van der Waals surface area contributed by atoms with Gasteiger partial charge in [-0.15, -0.1) is 0 Å². The summed E-state index contributed by atoms with van der Waals surface area (Å²) in [5.74, 6) is 5.10. The molecule has 0 aliphatic carbocycles. The van der Waals surface area contributed by atoms with E-state index in [1.54, 1.807) is 13.8 Å². The Morgan fingerprint density at radius 1 is 1.30 bits per heavy atom. The smallest absolute Gasteiger partial charge is 0.242 e. The first-order valence-electron chi connectivity index (χ1n) is 6.01. The van der Waals surface area contributed by atoms with E-state index in [0.717, 1.165) is 6.20 Å². The summed E-state index contributed by atoms with van der Waals surface area (Å²) in [5, 5.41) is 2.63. The van der Waals surface area contributed by atoms with Gasteiger partial charge in [0.2, 0.25) is 15.9 Å². The van der Waals surface area contributed by atoms with Crippen LogP contribution in [0.4, 0.5) is 5.82 Å². The Kier molecular flexibility index (Phi) is 5.43. The van der Waals surface area contributed by atoms with Crippen molar-refractivity contribution < 1.29 is 13.2 Å². The summed E-state index contributed by atoms with van der Waals surface area (Å²) in [4.78, 5) is 15.4. The first-order valence-corrected chi connectivity index (χ1v) is 7.50. The molecule has 1 aromatic heterocycles. The zero-order valence-electron chi connectivity index (χ0n) is 11.5. The van der Waals surface area contributed by atoms with E-state index >= 15 is 0 Å². The number of rotatable bonds is 6. The number of hydrogen-bond donors (Lipinski definition) is 4. The second-order valence-electron chi connectivity index (χ2n) is 4.53. The zero-order valence-corrected chi connectivity index (χ0v) is 12.4. The van der Waals surface area contributed by atoms with Crippen molar-refractivity contribution in [3.8, 4) is 0 Å². The maximum atomic E-state index is 12.0. The lowest BCUT2D eigenvalue weighted by atomic mass is 10.3. The van der Waals surface area contributed by atoms with Gasteiger partial charge < -0.3 is 10.7 Å². The van der Waals surface area contributed by atoms with Crippen molar-refractivity contribution in [2.75, 3.05) is 5.43 Å². The SMILES string of the molecule is CC(C)NC(=O)C(C)NS(=O)(=O)c1ccc(NN)nc1. The highest BCUT2D eigenvalue weighted by atomic mass is 32.2. The molecule has 1 unspecified atom stereocenters. The van der Waals surface area contributed by atoms with Crippen LogP contribution in [0.3, 0.4) is 0 Å². The normalized spacial score (nSPS) is 13.1. The Hall–Kier alpha value is -1.71. The highest BCUT2D eigenvalue weighted by Crippen LogP contribution is 2.10. The van der Waals surface area contributed by atoms with Gasteiger partial charge in [0.25, 0.3) is 0 Å². The summed E-state index contributed by atoms with van der Waals surface area (Å²) in [6.45, 7) is 5.06. The number of hydrogen-bond acceptors (Lipinski definition) is 6. The molecular weight excluding hydrogens is 282 g/mol. The number of amides is 1. The number of pyridine rings is 1. The van der Waals surface area contributed by atoms with Gasteiger partial charge in [0, 0.05) is 12.2 Å². The van der Waals surface area contributed by atoms with E-state index in [0.29, 0.717) is 5.82 Å². The molecule has 112 valence electrons. The van der Waals surface area contributed by atoms with E-state index in [1.807, 2.05) is 0 Å². The fraction of sp³-hybridized carbons (Fsp3) is 0.455. The third-order valence-corrected chi connectivity index (χ3v) is 3.88. The lowest BCUT2D eigenvalue weighted by Crippen LogP contribution is -2.46. The van der Waals surface area contributed by atoms with Crippen LogP contribution in [0.25, 0.3) is 0 Å². The van der Waals surface area contributed by atoms with Gasteiger partial charge in [-0.2, -0.15) is 4.72 Å². The minimum atomic E-state index is -3.81. The summed E-state index contributed by atoms with van der Waals surface area (Å²) >= 11 is 0. The number of aromatic nitrogens is 1. The van der Waals surface area contributed by atoms with Crippen LogP contribution in [0.1, 0.15) is 20.8 Å². The third-order valence-electron chi connectivity index (χ3n) is 2.35. The Bertz CT molecular complexity index is 556. The molecule has 0 aliphatic heterocycles. The molecule has 0 spiro atoms. The number of nitrogens with two attached hydrogens (primary N) is 1. The van der Waals surface area contributed by atoms with Gasteiger partial charge in [0.15, 0.2) is 0 Å². The van der Waals surface area contributed by atoms with Crippen LogP contribution in [0, 0.1) is 0 Å². The second kappa shape index (κ2) is 6.64. The number of carbonyl (C=O) groups excluding carboxylic acids is 1. The summed E-state index contributed by atoms with van der Waals surface area (Å²) in [6.07, 6.45) is 1.16. The van der Waals surface area contributed by atoms with Gasteiger partial charge in [0.1, 0.15) is 10.7 Å². The quantitative estimate of drug-likeness (QED) is 0.417. The topological polar surface area (TPSA) is 126 Å². The van der Waals surface area contributed by atoms with Gasteiger partial charge in [-0.1, -0.05) is 0 Å². The van der Waals surface area contributed by atoms with Gasteiger partial charge >= 0.3 is 0 Å². The molecular formula is C11H19N5O3S. The van der Waals surface area contributed by atoms with Crippen molar-refractivity contribution in [1.29, 1.82) is 0 Å². The number of carbonyl (C=O) groups is 1. The fourth-order valence-corrected chi connectivity index (χ4v) is 2.54. The summed E-state index contributed by atoms with van der Waals surface area (Å²) in [6, 6.07) is 1.83. The number of sulfonamides is 1. The van der Waals surface area contributed by atoms with Crippen LogP contribution >= 0.6 is 0 Å². The standard InChI is InChI=1S/C11H19N5O3S/c1-7(2)14-11(17)8(3)16-20(18,19)9-4-5-10(15-12)13-6-9/h4-8,16H,12H2,1-3H3,(H,13,15)(H,14,17). The minimum absolute atomic E-state index is 0.0410. The Balaban J connectivity index is 2.80. The number of nitrogens with one attached hydrogen (secondary N) is 3. The average molecular weight is 301 g/mol. The van der Waals surface area contributed by atoms with Crippen molar-refractivity contribution >= 4 is 21.7 Å². The molecule has 0 saturated heterocycles. The summed E-state index contributed by atoms with van der Waals surface area (Å²) in [5.41, 5.74) is 2.30. The predicted octanol–water partition coefficient (Wildman–Crippen LogP) is -0.441. The van der Waals surface area contributed by atoms with Crippen LogP contribution in [-0.4, -0.2) is 31.4 Å². The monoisotopic (exact) mass is 301 g/mol. The molecule has 0 radical (unpaired) electrons. The van der Waals surface area contributed by atoms with E-state index in [-0.39, 0.29) is 10.9 Å². The molecule has 8 nitrogen and oxygen atoms in total. The van der Waals surface area contributed by atoms with Crippen LogP contribution in [-0.2, 0) is 14.8 Å². The van der Waals surface area contributed by atoms with Gasteiger partial charge in [-0.05, 0) is 32.9 Å². The highest BCUT2D eigenvalue weighted by molar-refractivity contribution is 7.89. The Labute approximate surface area is 118 Å². The molecule has 1 amide bonds. The first-order chi connectivity index (χ1) is 9.26. The maximum absolute atomic E-state index is 12.0. The van der Waals surface area contributed by atoms with E-state index in [4.69, 9.17) is 5.84 Å². The molecule has 0 saturated carbocycles. The Morgan fingerprint density at radius 2 is 1.95 bits per heavy atom. The van der Waals surface area contributed by atoms with Crippen molar-refractivity contribution in [3.05, 3.63) is 18.3 Å². The largest absolute Gasteiger partial charge is 0.353 e. The van der Waals surface area contributed by atoms with Crippen molar-refractivity contribution in [3.63, 3.8) is 0 Å². The van der Waals surface area contributed by atoms with E-state index < -0.39 is 22.0 Å². The number of nitrogens with zero attached hydrogens (tertiary/aromatic N) is 1. The van der Waals surface area contributed by atoms with Crippen LogP contribution in [0.2, 0.25) is 0 Å². The zero-order chi connectivity index (χ0) is 15.3. The molecule has 20 heavy (non-hydrogen) atoms. The molecule has 0 aromatic carbocycles. The number of anilines is 1. The number of nitrogen functional groups attached to an aromatic ring is 1. The molecule has 1 heterocycles. The van der Waals surface area contributed by atoms with Crippen LogP contribution < -0.4 is 21.3 Å². The van der Waals surface area contributed by atoms with E-state index in [9.17, 15) is 13.2 Å². The van der Waals surface area contributed by atoms with Crippen LogP contribution in [0.5, 0.6) is 0 Å². The molecule has 0 aliphatic rings. The summed E-state index contributed by atoms with van der Waals surface area (Å²) in [7, 11) is -3.81. The minimum Gasteiger partial charge on any atom is -0.353 e. The molecule has 1 rings (SSSR count). The van der Waals surface area contributed by atoms with Crippen molar-refractivity contribution in [2.24, 2.45) is 5.84 Å². The number of hydrazine groups is 1. The highest BCUT2D eigenvalue weighted by Gasteiger charge is 2.22. The lowest BCUT2D eigenvalue weighted by molar-refractivity contribution is -0.122. The Morgan fingerprint density at radius 3 is 2.40 bits per heavy atom. The molecule has 1 aromatic rings. The predicted molar refractivity (Wildman–Crippen MR) is 75.1 cm³/mol. The maximum Gasteiger partial charge on any atom is 0.242 e. The molecule has 5 N–H and O–H groups in total. The van der Waals surface area contributed by atoms with E-state index in [2.05, 4.69) is 20.4 Å². The van der Waals surface area contributed by atoms with E-state index in [1.165, 1.54) is 19.1 Å². The fourth-order valence-electron chi connectivity index (χ4n) is 1.39. The average Bonchev–Trinajstić information content (AvgIpc) is 2.37. The van der Waals surface area contributed by atoms with Gasteiger partial charge in [-0.25, -0.2) is 19.2 Å². The second-order valence-corrected chi connectivity index (χ2v) is 6.24. The molecule has 9 heteroatoms.